The predicted octanol–water partition coefficient (Wildman–Crippen LogP) is 6.52. The molecule has 0 bridgehead atoms. The lowest BCUT2D eigenvalue weighted by Gasteiger charge is -2.20. The Kier molecular flexibility index (Phi) is 6.79. The number of alkyl halides is 1. The van der Waals surface area contributed by atoms with Crippen molar-refractivity contribution in [3.05, 3.63) is 95.4 Å². The van der Waals surface area contributed by atoms with Crippen LogP contribution in [0.15, 0.2) is 73.1 Å². The van der Waals surface area contributed by atoms with Gasteiger partial charge < -0.3 is 24.5 Å². The normalized spacial score (nSPS) is 14.6. The van der Waals surface area contributed by atoms with Gasteiger partial charge in [0.05, 0.1) is 17.5 Å². The third-order valence-corrected chi connectivity index (χ3v) is 7.68. The van der Waals surface area contributed by atoms with Gasteiger partial charge >= 0.3 is 0 Å². The highest BCUT2D eigenvalue weighted by atomic mass is 35.5. The van der Waals surface area contributed by atoms with E-state index < -0.39 is 0 Å². The number of pyridine rings is 1. The molecule has 0 aliphatic carbocycles. The van der Waals surface area contributed by atoms with Gasteiger partial charge in [-0.3, -0.25) is 9.59 Å². The van der Waals surface area contributed by atoms with Crippen LogP contribution in [0.5, 0.6) is 11.5 Å². The molecule has 5 aromatic rings. The van der Waals surface area contributed by atoms with Crippen molar-refractivity contribution in [1.29, 1.82) is 0 Å². The van der Waals surface area contributed by atoms with Gasteiger partial charge in [0, 0.05) is 47.8 Å². The molecule has 0 spiro atoms. The largest absolute Gasteiger partial charge is 0.508 e. The minimum Gasteiger partial charge on any atom is -0.508 e. The van der Waals surface area contributed by atoms with Crippen molar-refractivity contribution in [2.45, 2.75) is 32.8 Å². The van der Waals surface area contributed by atoms with Gasteiger partial charge in [-0.2, -0.15) is 0 Å². The first kappa shape index (κ1) is 26.7. The molecule has 0 radical (unpaired) electrons. The average Bonchev–Trinajstić information content (AvgIpc) is 3.54. The summed E-state index contributed by atoms with van der Waals surface area (Å²) < 4.78 is 7.92. The van der Waals surface area contributed by atoms with Gasteiger partial charge in [0.2, 0.25) is 0 Å². The molecule has 0 saturated heterocycles. The van der Waals surface area contributed by atoms with E-state index in [1.807, 2.05) is 26.0 Å². The van der Waals surface area contributed by atoms with Crippen LogP contribution in [0, 0.1) is 6.92 Å². The number of aromatic hydroxyl groups is 1. The van der Waals surface area contributed by atoms with Gasteiger partial charge in [-0.15, -0.1) is 11.6 Å². The quantitative estimate of drug-likeness (QED) is 0.227. The summed E-state index contributed by atoms with van der Waals surface area (Å²) >= 11 is 6.47. The number of benzene rings is 3. The van der Waals surface area contributed by atoms with Crippen molar-refractivity contribution in [2.24, 2.45) is 0 Å². The van der Waals surface area contributed by atoms with E-state index in [4.69, 9.17) is 16.3 Å². The SMILES string of the molecule is Cc1cccc2c(OC(C)C)cc3c(c12)[C@H](CCl)CN3C(=O)c1cn2cc(NC(=O)c3ccc(O)cc3)ccc2n1. The summed E-state index contributed by atoms with van der Waals surface area (Å²) in [7, 11) is 0. The number of carbonyl (C=O) groups is 2. The van der Waals surface area contributed by atoms with Crippen LogP contribution < -0.4 is 15.0 Å². The minimum absolute atomic E-state index is 0.0340. The maximum atomic E-state index is 13.9. The fraction of sp³-hybridized carbons (Fsp3) is 0.219. The molecule has 9 heteroatoms. The fourth-order valence-corrected chi connectivity index (χ4v) is 5.73. The number of fused-ring (bicyclic) bond motifs is 4. The number of phenolic OH excluding ortho intramolecular Hbond substituents is 1. The number of imidazole rings is 1. The molecular formula is C32H29ClN4O4. The van der Waals surface area contributed by atoms with Crippen molar-refractivity contribution in [1.82, 2.24) is 9.38 Å². The van der Waals surface area contributed by atoms with Crippen LogP contribution >= 0.6 is 11.6 Å². The van der Waals surface area contributed by atoms with Crippen LogP contribution in [-0.4, -0.2) is 44.8 Å². The van der Waals surface area contributed by atoms with Gasteiger partial charge in [0.25, 0.3) is 11.8 Å². The number of anilines is 2. The summed E-state index contributed by atoms with van der Waals surface area (Å²) in [5, 5.41) is 14.4. The zero-order valence-corrected chi connectivity index (χ0v) is 23.6. The smallest absolute Gasteiger partial charge is 0.278 e. The molecule has 3 aromatic carbocycles. The van der Waals surface area contributed by atoms with Crippen LogP contribution in [0.4, 0.5) is 11.4 Å². The number of phenols is 1. The molecule has 0 unspecified atom stereocenters. The van der Waals surface area contributed by atoms with Crippen molar-refractivity contribution in [3.8, 4) is 11.5 Å². The number of nitrogens with zero attached hydrogens (tertiary/aromatic N) is 3. The maximum absolute atomic E-state index is 13.9. The minimum atomic E-state index is -0.316. The second-order valence-corrected chi connectivity index (χ2v) is 10.9. The molecule has 3 heterocycles. The van der Waals surface area contributed by atoms with Crippen molar-refractivity contribution >= 4 is 51.2 Å². The van der Waals surface area contributed by atoms with Crippen LogP contribution in [0.3, 0.4) is 0 Å². The molecule has 1 aliphatic rings. The van der Waals surface area contributed by atoms with E-state index in [2.05, 4.69) is 29.4 Å². The van der Waals surface area contributed by atoms with E-state index in [9.17, 15) is 14.7 Å². The first-order chi connectivity index (χ1) is 19.7. The first-order valence-electron chi connectivity index (χ1n) is 13.4. The number of carbonyl (C=O) groups excluding carboxylic acids is 2. The molecule has 2 amide bonds. The number of aryl methyl sites for hydroxylation is 1. The average molecular weight is 569 g/mol. The van der Waals surface area contributed by atoms with Gasteiger partial charge in [-0.1, -0.05) is 18.2 Å². The molecule has 8 nitrogen and oxygen atoms in total. The van der Waals surface area contributed by atoms with Crippen LogP contribution in [0.1, 0.15) is 51.7 Å². The number of aromatic nitrogens is 2. The number of ether oxygens (including phenoxy) is 1. The molecule has 0 saturated carbocycles. The Hall–Kier alpha value is -4.56. The highest BCUT2D eigenvalue weighted by Gasteiger charge is 2.36. The van der Waals surface area contributed by atoms with E-state index in [0.717, 1.165) is 33.3 Å². The van der Waals surface area contributed by atoms with Crippen molar-refractivity contribution in [2.75, 3.05) is 22.6 Å². The Balaban J connectivity index is 1.35. The molecule has 2 N–H and O–H groups in total. The highest BCUT2D eigenvalue weighted by Crippen LogP contribution is 2.47. The first-order valence-corrected chi connectivity index (χ1v) is 14.0. The molecule has 208 valence electrons. The van der Waals surface area contributed by atoms with E-state index in [1.165, 1.54) is 12.1 Å². The Labute approximate surface area is 242 Å². The zero-order chi connectivity index (χ0) is 28.8. The molecule has 41 heavy (non-hydrogen) atoms. The Morgan fingerprint density at radius 2 is 1.90 bits per heavy atom. The molecule has 1 aliphatic heterocycles. The van der Waals surface area contributed by atoms with Gasteiger partial charge in [0.15, 0.2) is 0 Å². The van der Waals surface area contributed by atoms with Gasteiger partial charge in [0.1, 0.15) is 22.8 Å². The lowest BCUT2D eigenvalue weighted by atomic mass is 9.92. The lowest BCUT2D eigenvalue weighted by molar-refractivity contribution is 0.0982. The molecule has 2 aromatic heterocycles. The summed E-state index contributed by atoms with van der Waals surface area (Å²) in [4.78, 5) is 32.9. The summed E-state index contributed by atoms with van der Waals surface area (Å²) in [6, 6.07) is 17.6. The van der Waals surface area contributed by atoms with E-state index >= 15 is 0 Å². The van der Waals surface area contributed by atoms with Crippen LogP contribution in [0.2, 0.25) is 0 Å². The second kappa shape index (κ2) is 10.4. The Morgan fingerprint density at radius 3 is 2.63 bits per heavy atom. The van der Waals surface area contributed by atoms with E-state index in [0.29, 0.717) is 29.3 Å². The predicted molar refractivity (Wildman–Crippen MR) is 161 cm³/mol. The number of halogens is 1. The van der Waals surface area contributed by atoms with Crippen molar-refractivity contribution in [3.63, 3.8) is 0 Å². The summed E-state index contributed by atoms with van der Waals surface area (Å²) in [5.74, 6) is 0.605. The summed E-state index contributed by atoms with van der Waals surface area (Å²) in [6.45, 7) is 6.47. The zero-order valence-electron chi connectivity index (χ0n) is 22.9. The van der Waals surface area contributed by atoms with Crippen LogP contribution in [0.25, 0.3) is 16.4 Å². The highest BCUT2D eigenvalue weighted by molar-refractivity contribution is 6.19. The number of nitrogens with one attached hydrogen (secondary N) is 1. The summed E-state index contributed by atoms with van der Waals surface area (Å²) in [5.41, 5.74) is 4.75. The Bertz CT molecular complexity index is 1810. The van der Waals surface area contributed by atoms with Crippen LogP contribution in [-0.2, 0) is 0 Å². The number of hydrogen-bond acceptors (Lipinski definition) is 5. The standard InChI is InChI=1S/C32H29ClN4O4/c1-18(2)41-27-13-26-30(29-19(3)5-4-6-24(27)29)21(14-33)15-37(26)32(40)25-17-36-16-22(9-12-28(36)35-25)34-31(39)20-7-10-23(38)11-8-20/h4-13,16-18,21,38H,14-15H2,1-3H3,(H,34,39)/t21-/m1/s1. The number of rotatable bonds is 6. The maximum Gasteiger partial charge on any atom is 0.278 e. The number of amides is 2. The van der Waals surface area contributed by atoms with Gasteiger partial charge in [-0.05, 0) is 73.7 Å². The Morgan fingerprint density at radius 1 is 1.12 bits per heavy atom. The van der Waals surface area contributed by atoms with E-state index in [-0.39, 0.29) is 35.3 Å². The molecule has 1 atom stereocenters. The third-order valence-electron chi connectivity index (χ3n) is 7.30. The molecule has 6 rings (SSSR count). The molecule has 0 fully saturated rings. The van der Waals surface area contributed by atoms with E-state index in [1.54, 1.807) is 46.0 Å². The topological polar surface area (TPSA) is 96.2 Å². The number of hydrogen-bond donors (Lipinski definition) is 2. The summed E-state index contributed by atoms with van der Waals surface area (Å²) in [6.07, 6.45) is 3.34. The second-order valence-electron chi connectivity index (χ2n) is 10.5. The third kappa shape index (κ3) is 4.85. The van der Waals surface area contributed by atoms with Crippen molar-refractivity contribution < 1.29 is 19.4 Å². The monoisotopic (exact) mass is 568 g/mol. The van der Waals surface area contributed by atoms with Gasteiger partial charge in [-0.25, -0.2) is 4.98 Å². The molecular weight excluding hydrogens is 540 g/mol. The lowest BCUT2D eigenvalue weighted by Crippen LogP contribution is -2.30. The fourth-order valence-electron chi connectivity index (χ4n) is 5.48.